The third-order valence-corrected chi connectivity index (χ3v) is 14.4. The van der Waals surface area contributed by atoms with Crippen molar-refractivity contribution in [2.75, 3.05) is 46.3 Å². The Balaban J connectivity index is 0.609. The van der Waals surface area contributed by atoms with E-state index in [-0.39, 0.29) is 12.1 Å². The van der Waals surface area contributed by atoms with Gasteiger partial charge in [0.15, 0.2) is 0 Å². The molecule has 9 heteroatoms. The summed E-state index contributed by atoms with van der Waals surface area (Å²) >= 11 is 0. The molecule has 4 fully saturated rings. The van der Waals surface area contributed by atoms with Crippen molar-refractivity contribution in [3.8, 4) is 0 Å². The molecule has 294 valence electrons. The number of amides is 4. The summed E-state index contributed by atoms with van der Waals surface area (Å²) in [7, 11) is 2.12. The highest BCUT2D eigenvalue weighted by Crippen LogP contribution is 2.54. The van der Waals surface area contributed by atoms with Crippen molar-refractivity contribution in [1.82, 2.24) is 36.0 Å². The molecule has 1 unspecified atom stereocenters. The van der Waals surface area contributed by atoms with Crippen molar-refractivity contribution in [3.63, 3.8) is 0 Å². The van der Waals surface area contributed by atoms with Gasteiger partial charge in [0.1, 0.15) is 0 Å². The van der Waals surface area contributed by atoms with Gasteiger partial charge in [0.05, 0.1) is 0 Å². The Morgan fingerprint density at radius 2 is 0.907 bits per heavy atom. The zero-order valence-corrected chi connectivity index (χ0v) is 33.0. The Morgan fingerprint density at radius 1 is 0.556 bits per heavy atom. The molecule has 6 aliphatic rings. The lowest BCUT2D eigenvalue weighted by molar-refractivity contribution is 0.185. The van der Waals surface area contributed by atoms with Gasteiger partial charge >= 0.3 is 12.1 Å². The van der Waals surface area contributed by atoms with E-state index in [1.54, 1.807) is 22.3 Å². The van der Waals surface area contributed by atoms with Crippen molar-refractivity contribution < 1.29 is 9.59 Å². The Morgan fingerprint density at radius 3 is 1.26 bits per heavy atom. The molecule has 4 bridgehead atoms. The Bertz CT molecular complexity index is 1380. The van der Waals surface area contributed by atoms with Crippen LogP contribution >= 0.6 is 0 Å². The number of hydrogen-bond donors (Lipinski definition) is 4. The fourth-order valence-corrected chi connectivity index (χ4v) is 11.5. The second-order valence-electron chi connectivity index (χ2n) is 17.8. The highest BCUT2D eigenvalue weighted by molar-refractivity contribution is 5.74. The lowest BCUT2D eigenvalue weighted by Gasteiger charge is -2.31. The molecule has 9 nitrogen and oxygen atoms in total. The van der Waals surface area contributed by atoms with E-state index in [9.17, 15) is 9.59 Å². The number of rotatable bonds is 16. The minimum atomic E-state index is -0.0173. The van der Waals surface area contributed by atoms with E-state index in [1.807, 2.05) is 0 Å². The second-order valence-corrected chi connectivity index (χ2v) is 17.8. The molecule has 0 radical (unpaired) electrons. The molecule has 0 spiro atoms. The van der Waals surface area contributed by atoms with Crippen molar-refractivity contribution >= 4 is 12.1 Å². The maximum Gasteiger partial charge on any atom is 0.315 e. The van der Waals surface area contributed by atoms with Crippen LogP contribution in [0.25, 0.3) is 0 Å². The van der Waals surface area contributed by atoms with Gasteiger partial charge in [0.25, 0.3) is 0 Å². The summed E-state index contributed by atoms with van der Waals surface area (Å²) in [6, 6.07) is 21.3. The van der Waals surface area contributed by atoms with Crippen molar-refractivity contribution in [3.05, 3.63) is 70.8 Å². The summed E-state index contributed by atoms with van der Waals surface area (Å²) in [5.74, 6) is 1.56. The van der Waals surface area contributed by atoms with Gasteiger partial charge in [-0.2, -0.15) is 0 Å². The largest absolute Gasteiger partial charge is 0.338 e. The molecule has 4 aliphatic heterocycles. The monoisotopic (exact) mass is 738 g/mol. The molecular weight excluding hydrogens is 671 g/mol. The third-order valence-electron chi connectivity index (χ3n) is 14.4. The zero-order valence-electron chi connectivity index (χ0n) is 33.0. The van der Waals surface area contributed by atoms with Crippen LogP contribution in [0.2, 0.25) is 0 Å². The Labute approximate surface area is 324 Å². The lowest BCUT2D eigenvalue weighted by atomic mass is 9.84. The van der Waals surface area contributed by atoms with Crippen molar-refractivity contribution in [2.45, 2.75) is 139 Å². The maximum atomic E-state index is 12.6. The van der Waals surface area contributed by atoms with E-state index in [0.717, 1.165) is 63.5 Å². The van der Waals surface area contributed by atoms with Gasteiger partial charge < -0.3 is 26.2 Å². The molecule has 2 aromatic rings. The van der Waals surface area contributed by atoms with E-state index in [0.29, 0.717) is 49.3 Å². The number of carbonyl (C=O) groups excluding carboxylic acids is 2. The predicted octanol–water partition coefficient (Wildman–Crippen LogP) is 7.98. The molecule has 8 rings (SSSR count). The summed E-state index contributed by atoms with van der Waals surface area (Å²) in [5.41, 5.74) is 6.32. The van der Waals surface area contributed by atoms with E-state index >= 15 is 0 Å². The number of hydrogen-bond acceptors (Lipinski definition) is 5. The van der Waals surface area contributed by atoms with Gasteiger partial charge in [-0.05, 0) is 170 Å². The van der Waals surface area contributed by atoms with Crippen LogP contribution in [-0.4, -0.2) is 85.2 Å². The number of fused-ring (bicyclic) bond motifs is 10. The van der Waals surface area contributed by atoms with Gasteiger partial charge in [0.2, 0.25) is 0 Å². The Kier molecular flexibility index (Phi) is 12.4. The molecule has 0 aromatic heterocycles. The quantitative estimate of drug-likeness (QED) is 0.131. The van der Waals surface area contributed by atoms with Gasteiger partial charge in [-0.1, -0.05) is 48.5 Å². The van der Waals surface area contributed by atoms with Crippen LogP contribution in [0.15, 0.2) is 48.5 Å². The number of urea groups is 2. The molecule has 4 N–H and O–H groups in total. The first-order valence-corrected chi connectivity index (χ1v) is 22.0. The molecule has 2 saturated heterocycles. The van der Waals surface area contributed by atoms with Gasteiger partial charge in [0, 0.05) is 49.3 Å². The van der Waals surface area contributed by atoms with Crippen LogP contribution in [0, 0.1) is 11.8 Å². The average Bonchev–Trinajstić information content (AvgIpc) is 3.96. The smallest absolute Gasteiger partial charge is 0.315 e. The number of carbonyl (C=O) groups is 2. The highest BCUT2D eigenvalue weighted by Gasteiger charge is 2.44. The van der Waals surface area contributed by atoms with Crippen LogP contribution in [0.3, 0.4) is 0 Å². The third kappa shape index (κ3) is 8.79. The van der Waals surface area contributed by atoms with Gasteiger partial charge in [-0.15, -0.1) is 0 Å². The van der Waals surface area contributed by atoms with E-state index in [2.05, 4.69) is 91.5 Å². The molecule has 54 heavy (non-hydrogen) atoms. The molecule has 4 atom stereocenters. The SMILES string of the molecule is CN(CCCNC(=O)NC1CCC(CCN2C3CC[C@@H]2c2ccccc23)CC1)CCCNC(=O)NC1CCC(CCN2[C@@H]3CC[C@H]2c2ccccc23)CC1. The molecule has 2 aromatic carbocycles. The van der Waals surface area contributed by atoms with Gasteiger partial charge in [-0.25, -0.2) is 9.59 Å². The number of nitrogens with one attached hydrogen (secondary N) is 4. The summed E-state index contributed by atoms with van der Waals surface area (Å²) in [5, 5.41) is 12.7. The maximum absolute atomic E-state index is 12.6. The van der Waals surface area contributed by atoms with Crippen LogP contribution in [-0.2, 0) is 0 Å². The van der Waals surface area contributed by atoms with Crippen molar-refractivity contribution in [1.29, 1.82) is 0 Å². The normalized spacial score (nSPS) is 30.0. The van der Waals surface area contributed by atoms with Gasteiger partial charge in [-0.3, -0.25) is 9.80 Å². The minimum Gasteiger partial charge on any atom is -0.338 e. The fraction of sp³-hybridized carbons (Fsp3) is 0.689. The van der Waals surface area contributed by atoms with Crippen LogP contribution in [0.1, 0.15) is 149 Å². The molecule has 2 aliphatic carbocycles. The van der Waals surface area contributed by atoms with E-state index in [4.69, 9.17) is 0 Å². The lowest BCUT2D eigenvalue weighted by Crippen LogP contribution is -2.44. The molecule has 2 saturated carbocycles. The van der Waals surface area contributed by atoms with Crippen LogP contribution in [0.4, 0.5) is 9.59 Å². The highest BCUT2D eigenvalue weighted by atomic mass is 16.2. The molecular formula is C45H67N7O2. The first kappa shape index (κ1) is 37.8. The fourth-order valence-electron chi connectivity index (χ4n) is 11.5. The summed E-state index contributed by atoms with van der Waals surface area (Å²) in [6.45, 7) is 5.65. The summed E-state index contributed by atoms with van der Waals surface area (Å²) in [6.07, 6.45) is 18.9. The number of benzene rings is 2. The first-order chi connectivity index (χ1) is 26.5. The minimum absolute atomic E-state index is 0.0173. The van der Waals surface area contributed by atoms with Crippen LogP contribution in [0.5, 0.6) is 0 Å². The number of nitrogens with zero attached hydrogens (tertiary/aromatic N) is 3. The van der Waals surface area contributed by atoms with E-state index < -0.39 is 0 Å². The summed E-state index contributed by atoms with van der Waals surface area (Å²) < 4.78 is 0. The standard InChI is InChI=1S/C45H67N7O2/c1-50(28-6-26-46-44(53)48-34-16-12-32(13-17-34)24-30-51-40-20-21-41(51)37-9-3-2-8-36(37)40)29-7-27-47-45(54)49-35-18-14-33(15-19-35)25-31-52-42-22-23-43(52)39-11-5-4-10-38(39)42/h2-5,8-11,32-35,40-43H,6-7,12-31H2,1H3,(H2,46,48,53)(H2,47,49,54)/t32?,33?,34?,35?,40-,41+,42-,43?/m1/s1. The topological polar surface area (TPSA) is 92.0 Å². The van der Waals surface area contributed by atoms with E-state index in [1.165, 1.54) is 77.3 Å². The average molecular weight is 738 g/mol. The first-order valence-electron chi connectivity index (χ1n) is 22.0. The second kappa shape index (κ2) is 17.8. The molecule has 4 heterocycles. The zero-order chi connectivity index (χ0) is 36.9. The predicted molar refractivity (Wildman–Crippen MR) is 216 cm³/mol. The van der Waals surface area contributed by atoms with Crippen molar-refractivity contribution in [2.24, 2.45) is 11.8 Å². The van der Waals surface area contributed by atoms with Crippen LogP contribution < -0.4 is 21.3 Å². The Hall–Kier alpha value is -3.14. The molecule has 4 amide bonds. The summed E-state index contributed by atoms with van der Waals surface area (Å²) in [4.78, 5) is 33.1.